The second-order valence-electron chi connectivity index (χ2n) is 8.34. The maximum atomic E-state index is 6.01. The molecule has 28 heavy (non-hydrogen) atoms. The predicted octanol–water partition coefficient (Wildman–Crippen LogP) is 2.78. The first-order valence-corrected chi connectivity index (χ1v) is 11.2. The first-order valence-electron chi connectivity index (χ1n) is 11.2. The van der Waals surface area contributed by atoms with Gasteiger partial charge < -0.3 is 25.2 Å². The van der Waals surface area contributed by atoms with Crippen molar-refractivity contribution >= 4 is 29.9 Å². The van der Waals surface area contributed by atoms with Gasteiger partial charge in [0.2, 0.25) is 0 Å². The summed E-state index contributed by atoms with van der Waals surface area (Å²) >= 11 is 0. The van der Waals surface area contributed by atoms with E-state index < -0.39 is 0 Å². The highest BCUT2D eigenvalue weighted by atomic mass is 127. The van der Waals surface area contributed by atoms with Crippen LogP contribution in [0.25, 0.3) is 0 Å². The van der Waals surface area contributed by atoms with E-state index >= 15 is 0 Å². The number of nitrogens with zero attached hydrogens (tertiary/aromatic N) is 3. The number of rotatable bonds is 10. The van der Waals surface area contributed by atoms with Gasteiger partial charge in [-0.15, -0.1) is 24.0 Å². The zero-order chi connectivity index (χ0) is 19.3. The maximum absolute atomic E-state index is 6.01. The van der Waals surface area contributed by atoms with E-state index in [0.717, 1.165) is 45.2 Å². The molecule has 1 atom stereocenters. The third kappa shape index (κ3) is 11.2. The molecule has 0 aromatic rings. The second kappa shape index (κ2) is 15.7. The third-order valence-corrected chi connectivity index (χ3v) is 5.59. The average molecular weight is 510 g/mol. The van der Waals surface area contributed by atoms with Gasteiger partial charge in [-0.25, -0.2) is 0 Å². The van der Waals surface area contributed by atoms with E-state index in [1.165, 1.54) is 58.3 Å². The summed E-state index contributed by atoms with van der Waals surface area (Å²) in [5.74, 6) is 1.53. The van der Waals surface area contributed by atoms with Crippen molar-refractivity contribution in [3.05, 3.63) is 0 Å². The van der Waals surface area contributed by atoms with Crippen LogP contribution in [0.2, 0.25) is 0 Å². The van der Waals surface area contributed by atoms with E-state index in [1.54, 1.807) is 0 Å². The molecule has 2 fully saturated rings. The summed E-state index contributed by atoms with van der Waals surface area (Å²) in [7, 11) is 2.21. The van der Waals surface area contributed by atoms with Crippen LogP contribution in [0, 0.1) is 5.92 Å². The molecule has 1 unspecified atom stereocenters. The summed E-state index contributed by atoms with van der Waals surface area (Å²) in [6, 6.07) is 0. The molecule has 2 rings (SSSR count). The van der Waals surface area contributed by atoms with Crippen LogP contribution in [0.1, 0.15) is 52.4 Å². The van der Waals surface area contributed by atoms with Crippen LogP contribution in [0.3, 0.4) is 0 Å². The molecule has 1 heterocycles. The third-order valence-electron chi connectivity index (χ3n) is 5.59. The molecule has 6 nitrogen and oxygen atoms in total. The van der Waals surface area contributed by atoms with Gasteiger partial charge in [-0.2, -0.15) is 0 Å². The Kier molecular flexibility index (Phi) is 14.5. The number of nitrogens with one attached hydrogen (secondary N) is 2. The molecule has 7 heteroatoms. The number of likely N-dealkylation sites (N-methyl/N-ethyl adjacent to an activating group) is 1. The van der Waals surface area contributed by atoms with Crippen LogP contribution in [0.15, 0.2) is 4.99 Å². The Morgan fingerprint density at radius 2 is 1.82 bits per heavy atom. The quantitative estimate of drug-likeness (QED) is 0.205. The largest absolute Gasteiger partial charge is 0.378 e. The van der Waals surface area contributed by atoms with Gasteiger partial charge >= 0.3 is 0 Å². The van der Waals surface area contributed by atoms with Gasteiger partial charge in [0.25, 0.3) is 0 Å². The van der Waals surface area contributed by atoms with Crippen molar-refractivity contribution in [1.82, 2.24) is 20.4 Å². The Morgan fingerprint density at radius 3 is 2.50 bits per heavy atom. The lowest BCUT2D eigenvalue weighted by Crippen LogP contribution is -2.46. The van der Waals surface area contributed by atoms with Crippen LogP contribution in [0.4, 0.5) is 0 Å². The monoisotopic (exact) mass is 509 g/mol. The second-order valence-corrected chi connectivity index (χ2v) is 8.34. The zero-order valence-corrected chi connectivity index (χ0v) is 20.7. The number of guanidine groups is 1. The van der Waals surface area contributed by atoms with E-state index in [4.69, 9.17) is 9.73 Å². The van der Waals surface area contributed by atoms with Crippen LogP contribution in [-0.2, 0) is 4.74 Å². The molecule has 1 saturated carbocycles. The van der Waals surface area contributed by atoms with Gasteiger partial charge in [-0.1, -0.05) is 26.2 Å². The van der Waals surface area contributed by atoms with E-state index in [0.29, 0.717) is 12.0 Å². The average Bonchev–Trinajstić information content (AvgIpc) is 2.68. The van der Waals surface area contributed by atoms with Crippen molar-refractivity contribution in [2.45, 2.75) is 58.5 Å². The maximum Gasteiger partial charge on any atom is 0.191 e. The fourth-order valence-electron chi connectivity index (χ4n) is 3.88. The lowest BCUT2D eigenvalue weighted by molar-refractivity contribution is 0.0277. The lowest BCUT2D eigenvalue weighted by atomic mass is 9.98. The fourth-order valence-corrected chi connectivity index (χ4v) is 3.88. The van der Waals surface area contributed by atoms with Crippen molar-refractivity contribution in [2.24, 2.45) is 10.9 Å². The van der Waals surface area contributed by atoms with Gasteiger partial charge in [0.05, 0.1) is 6.10 Å². The number of hydrogen-bond acceptors (Lipinski definition) is 4. The zero-order valence-electron chi connectivity index (χ0n) is 18.4. The minimum absolute atomic E-state index is 0. The molecular formula is C21H44IN5O. The number of ether oxygens (including phenoxy) is 1. The molecule has 2 aliphatic rings. The number of piperazine rings is 1. The molecular weight excluding hydrogens is 465 g/mol. The molecule has 0 aromatic carbocycles. The number of halogens is 1. The highest BCUT2D eigenvalue weighted by Gasteiger charge is 2.16. The van der Waals surface area contributed by atoms with Gasteiger partial charge in [-0.3, -0.25) is 4.99 Å². The molecule has 0 radical (unpaired) electrons. The number of aliphatic imine (C=N–C) groups is 1. The summed E-state index contributed by atoms with van der Waals surface area (Å²) in [6.07, 6.45) is 8.12. The Balaban J connectivity index is 0.00000392. The van der Waals surface area contributed by atoms with Crippen molar-refractivity contribution in [3.63, 3.8) is 0 Å². The molecule has 0 bridgehead atoms. The Morgan fingerprint density at radius 1 is 1.11 bits per heavy atom. The predicted molar refractivity (Wildman–Crippen MR) is 130 cm³/mol. The molecule has 1 aliphatic carbocycles. The van der Waals surface area contributed by atoms with Gasteiger partial charge in [0.15, 0.2) is 5.96 Å². The van der Waals surface area contributed by atoms with E-state index in [1.807, 2.05) is 0 Å². The summed E-state index contributed by atoms with van der Waals surface area (Å²) in [5, 5.41) is 6.83. The van der Waals surface area contributed by atoms with Crippen LogP contribution < -0.4 is 10.6 Å². The Hall–Kier alpha value is -0.120. The normalized spacial score (nSPS) is 21.2. The molecule has 0 spiro atoms. The van der Waals surface area contributed by atoms with Crippen LogP contribution >= 0.6 is 24.0 Å². The topological polar surface area (TPSA) is 52.1 Å². The van der Waals surface area contributed by atoms with Gasteiger partial charge in [0, 0.05) is 59.0 Å². The summed E-state index contributed by atoms with van der Waals surface area (Å²) < 4.78 is 6.01. The summed E-state index contributed by atoms with van der Waals surface area (Å²) in [4.78, 5) is 9.78. The SMILES string of the molecule is CCNC(=NCC(C)CN1CCN(C)CC1)NCCCOC1CCCCC1.I. The molecule has 1 saturated heterocycles. The van der Waals surface area contributed by atoms with Gasteiger partial charge in [0.1, 0.15) is 0 Å². The smallest absolute Gasteiger partial charge is 0.191 e. The first kappa shape index (κ1) is 25.9. The molecule has 2 N–H and O–H groups in total. The van der Waals surface area contributed by atoms with E-state index in [-0.39, 0.29) is 24.0 Å². The van der Waals surface area contributed by atoms with Crippen molar-refractivity contribution < 1.29 is 4.74 Å². The summed E-state index contributed by atoms with van der Waals surface area (Å²) in [5.41, 5.74) is 0. The van der Waals surface area contributed by atoms with Crippen LogP contribution in [-0.4, -0.2) is 87.9 Å². The summed E-state index contributed by atoms with van der Waals surface area (Å²) in [6.45, 7) is 13.9. The highest BCUT2D eigenvalue weighted by Crippen LogP contribution is 2.20. The highest BCUT2D eigenvalue weighted by molar-refractivity contribution is 14.0. The van der Waals surface area contributed by atoms with E-state index in [2.05, 4.69) is 41.3 Å². The van der Waals surface area contributed by atoms with Gasteiger partial charge in [-0.05, 0) is 39.2 Å². The van der Waals surface area contributed by atoms with E-state index in [9.17, 15) is 0 Å². The molecule has 1 aliphatic heterocycles. The first-order chi connectivity index (χ1) is 13.2. The Labute approximate surface area is 190 Å². The Bertz CT molecular complexity index is 410. The molecule has 166 valence electrons. The van der Waals surface area contributed by atoms with Crippen LogP contribution in [0.5, 0.6) is 0 Å². The minimum Gasteiger partial charge on any atom is -0.378 e. The molecule has 0 amide bonds. The minimum atomic E-state index is 0. The molecule has 0 aromatic heterocycles. The van der Waals surface area contributed by atoms with Crippen molar-refractivity contribution in [3.8, 4) is 0 Å². The number of hydrogen-bond donors (Lipinski definition) is 2. The standard InChI is InChI=1S/C21H43N5O.HI/c1-4-22-21(23-11-8-16-27-20-9-6-5-7-10-20)24-17-19(2)18-26-14-12-25(3)13-15-26;/h19-20H,4-18H2,1-3H3,(H2,22,23,24);1H. The lowest BCUT2D eigenvalue weighted by Gasteiger charge is -2.33. The van der Waals surface area contributed by atoms with Crippen molar-refractivity contribution in [1.29, 1.82) is 0 Å². The van der Waals surface area contributed by atoms with Crippen molar-refractivity contribution in [2.75, 3.05) is 66.0 Å². The fraction of sp³-hybridized carbons (Fsp3) is 0.952.